The summed E-state index contributed by atoms with van der Waals surface area (Å²) in [5, 5.41) is 33.1. The summed E-state index contributed by atoms with van der Waals surface area (Å²) in [5.41, 5.74) is -4.36. The molecule has 0 aliphatic carbocycles. The van der Waals surface area contributed by atoms with Crippen LogP contribution in [-0.2, 0) is 57.1 Å². The van der Waals surface area contributed by atoms with Crippen LogP contribution in [0.15, 0.2) is 0 Å². The first-order valence-corrected chi connectivity index (χ1v) is 21.3. The zero-order valence-corrected chi connectivity index (χ0v) is 38.8. The molecule has 3 aliphatic rings. The maximum atomic E-state index is 14.4. The van der Waals surface area contributed by atoms with Gasteiger partial charge in [-0.15, -0.1) is 0 Å². The molecule has 18 atom stereocenters. The number of ketones is 1. The molecule has 0 spiro atoms. The zero-order valence-electron chi connectivity index (χ0n) is 38.8. The topological polar surface area (TPSA) is 209 Å². The first kappa shape index (κ1) is 52.0. The monoisotopic (exact) mass is 861 g/mol. The molecule has 3 N–H and O–H groups in total. The number of esters is 2. The molecule has 0 amide bonds. The number of methoxy groups -OCH3 is 2. The normalized spacial score (nSPS) is 44.0. The molecule has 3 heterocycles. The van der Waals surface area contributed by atoms with E-state index in [1.165, 1.54) is 28.1 Å². The van der Waals surface area contributed by atoms with Gasteiger partial charge in [0.2, 0.25) is 0 Å². The van der Waals surface area contributed by atoms with E-state index in [2.05, 4.69) is 0 Å². The SMILES string of the molecule is CC[C@H]1OC(=O)[C@H](C)[C@@H](O[C@H]2C[C@@](C)(OC)[C@@H](OC(C)=O)[C@H](C)O2)[C@H](C)[C@@H](O[C@@H]2O[C@H](C)C[C@@H](N(C)CC(=O)O)[C@@H]2N(C)C)[C@@](C)(OC)C[C@@H](C)C(=O)[C@H](C)[C@@H](O)[C@]1(C)O. The highest BCUT2D eigenvalue weighted by Gasteiger charge is 2.55. The summed E-state index contributed by atoms with van der Waals surface area (Å²) in [6, 6.07) is -0.803. The second-order valence-corrected chi connectivity index (χ2v) is 18.5. The third kappa shape index (κ3) is 11.6. The van der Waals surface area contributed by atoms with Crippen LogP contribution in [0.2, 0.25) is 0 Å². The number of carboxylic acids is 1. The number of hydrogen-bond donors (Lipinski definition) is 3. The highest BCUT2D eigenvalue weighted by Crippen LogP contribution is 2.42. The molecule has 0 bridgehead atoms. The Bertz CT molecular complexity index is 1460. The molecule has 0 aromatic carbocycles. The summed E-state index contributed by atoms with van der Waals surface area (Å²) in [5.74, 6) is -6.17. The minimum atomic E-state index is -2.00. The van der Waals surface area contributed by atoms with Crippen LogP contribution in [0.1, 0.15) is 102 Å². The molecule has 3 saturated heterocycles. The molecule has 0 radical (unpaired) electrons. The van der Waals surface area contributed by atoms with Gasteiger partial charge < -0.3 is 58.1 Å². The van der Waals surface area contributed by atoms with Crippen molar-refractivity contribution in [3.8, 4) is 0 Å². The molecular formula is C43H76N2O15. The number of likely N-dealkylation sites (N-methyl/N-ethyl adjacent to an activating group) is 2. The number of nitrogens with zero attached hydrogens (tertiary/aromatic N) is 2. The number of cyclic esters (lactones) is 1. The van der Waals surface area contributed by atoms with Crippen LogP contribution in [-0.4, -0.2) is 175 Å². The lowest BCUT2D eigenvalue weighted by Crippen LogP contribution is -2.64. The van der Waals surface area contributed by atoms with Gasteiger partial charge in [-0.25, -0.2) is 0 Å². The number of hydrogen-bond acceptors (Lipinski definition) is 16. The van der Waals surface area contributed by atoms with Crippen LogP contribution in [0.3, 0.4) is 0 Å². The molecule has 60 heavy (non-hydrogen) atoms. The van der Waals surface area contributed by atoms with E-state index in [1.807, 2.05) is 39.8 Å². The average molecular weight is 861 g/mol. The molecule has 3 rings (SSSR count). The summed E-state index contributed by atoms with van der Waals surface area (Å²) in [6.07, 6.45) is -7.83. The van der Waals surface area contributed by atoms with Crippen LogP contribution in [0, 0.1) is 23.7 Å². The van der Waals surface area contributed by atoms with Crippen molar-refractivity contribution in [1.29, 1.82) is 0 Å². The van der Waals surface area contributed by atoms with Gasteiger partial charge in [-0.05, 0) is 81.9 Å². The summed E-state index contributed by atoms with van der Waals surface area (Å²) in [7, 11) is 8.49. The largest absolute Gasteiger partial charge is 0.480 e. The maximum absolute atomic E-state index is 14.4. The molecule has 0 aromatic heterocycles. The zero-order chi connectivity index (χ0) is 45.8. The van der Waals surface area contributed by atoms with Crippen molar-refractivity contribution >= 4 is 23.7 Å². The maximum Gasteiger partial charge on any atom is 0.317 e. The molecule has 348 valence electrons. The van der Waals surface area contributed by atoms with Gasteiger partial charge in [-0.1, -0.05) is 27.7 Å². The fourth-order valence-corrected chi connectivity index (χ4v) is 9.81. The minimum absolute atomic E-state index is 0.0827. The number of Topliss-reactive ketones (excluding diaryl/α,β-unsaturated/α-hetero) is 1. The molecule has 17 heteroatoms. The molecule has 0 unspecified atom stereocenters. The molecule has 17 nitrogen and oxygen atoms in total. The Morgan fingerprint density at radius 1 is 0.883 bits per heavy atom. The molecule has 0 saturated carbocycles. The molecule has 0 aromatic rings. The van der Waals surface area contributed by atoms with E-state index in [4.69, 9.17) is 37.9 Å². The Balaban J connectivity index is 2.28. The van der Waals surface area contributed by atoms with E-state index in [0.29, 0.717) is 6.42 Å². The lowest BCUT2D eigenvalue weighted by molar-refractivity contribution is -0.315. The summed E-state index contributed by atoms with van der Waals surface area (Å²) in [6.45, 7) is 18.2. The van der Waals surface area contributed by atoms with Crippen LogP contribution in [0.25, 0.3) is 0 Å². The fraction of sp³-hybridized carbons (Fsp3) is 0.907. The highest BCUT2D eigenvalue weighted by atomic mass is 16.7. The average Bonchev–Trinajstić information content (AvgIpc) is 3.16. The second kappa shape index (κ2) is 20.9. The number of carboxylic acid groups (broad SMARTS) is 1. The van der Waals surface area contributed by atoms with Gasteiger partial charge in [0.05, 0.1) is 54.6 Å². The van der Waals surface area contributed by atoms with Crippen LogP contribution in [0.5, 0.6) is 0 Å². The van der Waals surface area contributed by atoms with E-state index in [-0.39, 0.29) is 43.7 Å². The van der Waals surface area contributed by atoms with Crippen molar-refractivity contribution in [2.45, 2.75) is 186 Å². The molecular weight excluding hydrogens is 784 g/mol. The highest BCUT2D eigenvalue weighted by molar-refractivity contribution is 5.83. The predicted molar refractivity (Wildman–Crippen MR) is 219 cm³/mol. The number of rotatable bonds is 12. The molecule has 3 aliphatic heterocycles. The lowest BCUT2D eigenvalue weighted by atomic mass is 9.73. The third-order valence-electron chi connectivity index (χ3n) is 13.4. The summed E-state index contributed by atoms with van der Waals surface area (Å²) < 4.78 is 51.0. The minimum Gasteiger partial charge on any atom is -0.480 e. The van der Waals surface area contributed by atoms with E-state index in [0.717, 1.165) is 0 Å². The van der Waals surface area contributed by atoms with Gasteiger partial charge in [0.25, 0.3) is 0 Å². The number of aliphatic hydroxyl groups excluding tert-OH is 1. The Morgan fingerprint density at radius 2 is 1.47 bits per heavy atom. The van der Waals surface area contributed by atoms with E-state index in [1.54, 1.807) is 53.5 Å². The van der Waals surface area contributed by atoms with Crippen LogP contribution >= 0.6 is 0 Å². The third-order valence-corrected chi connectivity index (χ3v) is 13.4. The van der Waals surface area contributed by atoms with Crippen LogP contribution < -0.4 is 0 Å². The smallest absolute Gasteiger partial charge is 0.317 e. The quantitative estimate of drug-likeness (QED) is 0.241. The van der Waals surface area contributed by atoms with Gasteiger partial charge in [-0.2, -0.15) is 0 Å². The van der Waals surface area contributed by atoms with Crippen molar-refractivity contribution < 1.29 is 72.4 Å². The number of aliphatic carboxylic acids is 1. The Hall–Kier alpha value is -2.32. The lowest BCUT2D eigenvalue weighted by Gasteiger charge is -2.51. The van der Waals surface area contributed by atoms with Gasteiger partial charge >= 0.3 is 17.9 Å². The fourth-order valence-electron chi connectivity index (χ4n) is 9.81. The summed E-state index contributed by atoms with van der Waals surface area (Å²) in [4.78, 5) is 56.4. The number of ether oxygens (including phenoxy) is 8. The first-order chi connectivity index (χ1) is 27.7. The Kier molecular flexibility index (Phi) is 18.1. The van der Waals surface area contributed by atoms with E-state index >= 15 is 0 Å². The first-order valence-electron chi connectivity index (χ1n) is 21.3. The van der Waals surface area contributed by atoms with Gasteiger partial charge in [-0.3, -0.25) is 24.1 Å². The Labute approximate surface area is 357 Å². The van der Waals surface area contributed by atoms with Crippen molar-refractivity contribution in [2.24, 2.45) is 23.7 Å². The Morgan fingerprint density at radius 3 is 1.98 bits per heavy atom. The van der Waals surface area contributed by atoms with Crippen molar-refractivity contribution in [3.05, 3.63) is 0 Å². The van der Waals surface area contributed by atoms with Gasteiger partial charge in [0, 0.05) is 51.4 Å². The van der Waals surface area contributed by atoms with E-state index < -0.39 is 114 Å². The number of aliphatic hydroxyl groups is 2. The predicted octanol–water partition coefficient (Wildman–Crippen LogP) is 3.03. The van der Waals surface area contributed by atoms with Crippen LogP contribution in [0.4, 0.5) is 0 Å². The number of carbonyl (C=O) groups excluding carboxylic acids is 3. The van der Waals surface area contributed by atoms with Gasteiger partial charge in [0.15, 0.2) is 18.7 Å². The second-order valence-electron chi connectivity index (χ2n) is 18.5. The summed E-state index contributed by atoms with van der Waals surface area (Å²) >= 11 is 0. The standard InChI is InChI=1S/C43H76N2O15/c1-17-30-43(11,52)36(50)24(4)34(49)22(2)19-41(9,53-15)37(60-40-33(44(12)13)29(18-23(3)55-40)45(14)21-31(47)48)25(5)35(26(6)39(51)58-30)59-32-20-42(10,54-16)38(27(7)56-32)57-28(8)46/h22-27,29-30,32-33,35-38,40,50,52H,17-21H2,1-16H3,(H,47,48)/t22-,23-,24+,25+,26-,27+,29-,30-,32+,33+,35+,36-,37-,38+,40+,41+,42-,43-/m1/s1. The number of carbonyl (C=O) groups is 4. The van der Waals surface area contributed by atoms with Gasteiger partial charge in [0.1, 0.15) is 23.1 Å². The van der Waals surface area contributed by atoms with E-state index in [9.17, 15) is 34.5 Å². The van der Waals surface area contributed by atoms with Crippen molar-refractivity contribution in [1.82, 2.24) is 9.80 Å². The van der Waals surface area contributed by atoms with Crippen molar-refractivity contribution in [2.75, 3.05) is 41.9 Å². The molecule has 3 fully saturated rings. The van der Waals surface area contributed by atoms with Crippen molar-refractivity contribution in [3.63, 3.8) is 0 Å².